The van der Waals surface area contributed by atoms with E-state index >= 15 is 0 Å². The Bertz CT molecular complexity index is 574. The van der Waals surface area contributed by atoms with Gasteiger partial charge in [-0.05, 0) is 11.6 Å². The normalized spacial score (nSPS) is 10.6. The number of carbonyl (C=O) groups is 1. The molecule has 1 amide bonds. The number of nitrogens with zero attached hydrogens (tertiary/aromatic N) is 1. The number of carbonyl (C=O) groups excluding carboxylic acids is 1. The summed E-state index contributed by atoms with van der Waals surface area (Å²) in [5.41, 5.74) is 2.01. The fourth-order valence-corrected chi connectivity index (χ4v) is 2.15. The molecule has 2 N–H and O–H groups in total. The summed E-state index contributed by atoms with van der Waals surface area (Å²) in [6.07, 6.45) is 3.87. The van der Waals surface area contributed by atoms with Gasteiger partial charge in [-0.2, -0.15) is 0 Å². The zero-order valence-electron chi connectivity index (χ0n) is 10.8. The van der Waals surface area contributed by atoms with Gasteiger partial charge in [-0.1, -0.05) is 24.3 Å². The Labute approximate surface area is 112 Å². The van der Waals surface area contributed by atoms with Crippen molar-refractivity contribution in [2.45, 2.75) is 6.42 Å². The summed E-state index contributed by atoms with van der Waals surface area (Å²) in [4.78, 5) is 16.9. The molecule has 0 atom stereocenters. The number of fused-ring (bicyclic) bond motifs is 1. The molecule has 4 heteroatoms. The minimum Gasteiger partial charge on any atom is -0.395 e. The minimum atomic E-state index is -0.0343. The molecule has 0 fully saturated rings. The number of aromatic nitrogens is 1. The molecule has 1 aromatic carbocycles. The molecule has 0 unspecified atom stereocenters. The molecule has 1 heterocycles. The van der Waals surface area contributed by atoms with Crippen LogP contribution in [0.4, 0.5) is 0 Å². The van der Waals surface area contributed by atoms with Gasteiger partial charge in [0.1, 0.15) is 0 Å². The number of benzene rings is 1. The van der Waals surface area contributed by atoms with Crippen LogP contribution in [0.1, 0.15) is 5.56 Å². The molecule has 0 saturated heterocycles. The number of aliphatic hydroxyl groups is 1. The van der Waals surface area contributed by atoms with Crippen molar-refractivity contribution in [1.29, 1.82) is 0 Å². The van der Waals surface area contributed by atoms with Crippen LogP contribution < -0.4 is 0 Å². The standard InChI is InChI=1S/C15H18N2O2/c1-2-7-17(8-9-18)15(19)10-12-11-16-14-6-4-3-5-13(12)14/h2-6,11,16,18H,1,7-10H2. The molecule has 0 aliphatic rings. The maximum atomic E-state index is 12.2. The van der Waals surface area contributed by atoms with E-state index in [4.69, 9.17) is 5.11 Å². The summed E-state index contributed by atoms with van der Waals surface area (Å²) in [5, 5.41) is 10.0. The Morgan fingerprint density at radius 2 is 2.21 bits per heavy atom. The Balaban J connectivity index is 2.15. The second kappa shape index (κ2) is 6.20. The summed E-state index contributed by atoms with van der Waals surface area (Å²) >= 11 is 0. The van der Waals surface area contributed by atoms with Crippen LogP contribution in [0.3, 0.4) is 0 Å². The first-order valence-electron chi connectivity index (χ1n) is 6.30. The van der Waals surface area contributed by atoms with Gasteiger partial charge >= 0.3 is 0 Å². The van der Waals surface area contributed by atoms with Crippen molar-refractivity contribution in [2.75, 3.05) is 19.7 Å². The van der Waals surface area contributed by atoms with Gasteiger partial charge in [0.25, 0.3) is 0 Å². The van der Waals surface area contributed by atoms with Gasteiger partial charge in [0.15, 0.2) is 0 Å². The topological polar surface area (TPSA) is 56.3 Å². The van der Waals surface area contributed by atoms with Gasteiger partial charge in [0, 0.05) is 30.2 Å². The van der Waals surface area contributed by atoms with Crippen molar-refractivity contribution in [3.8, 4) is 0 Å². The van der Waals surface area contributed by atoms with E-state index in [1.807, 2.05) is 30.5 Å². The Morgan fingerprint density at radius 1 is 1.42 bits per heavy atom. The molecule has 0 aliphatic heterocycles. The van der Waals surface area contributed by atoms with Crippen LogP contribution >= 0.6 is 0 Å². The molecule has 19 heavy (non-hydrogen) atoms. The zero-order valence-corrected chi connectivity index (χ0v) is 10.8. The lowest BCUT2D eigenvalue weighted by Gasteiger charge is -2.19. The van der Waals surface area contributed by atoms with E-state index < -0.39 is 0 Å². The number of nitrogens with one attached hydrogen (secondary N) is 1. The fraction of sp³-hybridized carbons (Fsp3) is 0.267. The van der Waals surface area contributed by atoms with E-state index in [1.54, 1.807) is 11.0 Å². The smallest absolute Gasteiger partial charge is 0.227 e. The van der Waals surface area contributed by atoms with E-state index in [0.717, 1.165) is 16.5 Å². The van der Waals surface area contributed by atoms with Crippen molar-refractivity contribution < 1.29 is 9.90 Å². The molecule has 0 radical (unpaired) electrons. The third-order valence-corrected chi connectivity index (χ3v) is 3.09. The molecule has 2 aromatic rings. The van der Waals surface area contributed by atoms with Crippen LogP contribution in [-0.4, -0.2) is 40.6 Å². The van der Waals surface area contributed by atoms with Gasteiger partial charge in [-0.3, -0.25) is 4.79 Å². The molecular formula is C15H18N2O2. The lowest BCUT2D eigenvalue weighted by molar-refractivity contribution is -0.130. The minimum absolute atomic E-state index is 0.00120. The molecule has 0 aliphatic carbocycles. The van der Waals surface area contributed by atoms with Crippen LogP contribution in [-0.2, 0) is 11.2 Å². The van der Waals surface area contributed by atoms with Crippen LogP contribution in [0.5, 0.6) is 0 Å². The molecule has 2 rings (SSSR count). The van der Waals surface area contributed by atoms with Crippen LogP contribution in [0.2, 0.25) is 0 Å². The molecular weight excluding hydrogens is 240 g/mol. The van der Waals surface area contributed by atoms with Gasteiger partial charge in [0.2, 0.25) is 5.91 Å². The van der Waals surface area contributed by atoms with E-state index in [-0.39, 0.29) is 12.5 Å². The van der Waals surface area contributed by atoms with Gasteiger partial charge in [-0.15, -0.1) is 6.58 Å². The van der Waals surface area contributed by atoms with Crippen molar-refractivity contribution in [2.24, 2.45) is 0 Å². The second-order valence-corrected chi connectivity index (χ2v) is 4.39. The van der Waals surface area contributed by atoms with Crippen LogP contribution in [0.15, 0.2) is 43.1 Å². The second-order valence-electron chi connectivity index (χ2n) is 4.39. The monoisotopic (exact) mass is 258 g/mol. The SMILES string of the molecule is C=CCN(CCO)C(=O)Cc1c[nH]c2ccccc12. The van der Waals surface area contributed by atoms with Crippen molar-refractivity contribution in [1.82, 2.24) is 9.88 Å². The van der Waals surface area contributed by atoms with Crippen LogP contribution in [0, 0.1) is 0 Å². The Hall–Kier alpha value is -2.07. The molecule has 100 valence electrons. The number of aliphatic hydroxyl groups excluding tert-OH is 1. The van der Waals surface area contributed by atoms with E-state index in [9.17, 15) is 4.79 Å². The molecule has 0 spiro atoms. The van der Waals surface area contributed by atoms with Gasteiger partial charge < -0.3 is 15.0 Å². The largest absolute Gasteiger partial charge is 0.395 e. The van der Waals surface area contributed by atoms with Crippen molar-refractivity contribution in [3.63, 3.8) is 0 Å². The maximum absolute atomic E-state index is 12.2. The predicted molar refractivity (Wildman–Crippen MR) is 75.9 cm³/mol. The lowest BCUT2D eigenvalue weighted by atomic mass is 10.1. The number of amides is 1. The fourth-order valence-electron chi connectivity index (χ4n) is 2.15. The van der Waals surface area contributed by atoms with E-state index in [2.05, 4.69) is 11.6 Å². The molecule has 0 saturated carbocycles. The van der Waals surface area contributed by atoms with E-state index in [1.165, 1.54) is 0 Å². The quantitative estimate of drug-likeness (QED) is 0.775. The summed E-state index contributed by atoms with van der Waals surface area (Å²) in [7, 11) is 0. The Kier molecular flexibility index (Phi) is 4.36. The molecule has 4 nitrogen and oxygen atoms in total. The summed E-state index contributed by atoms with van der Waals surface area (Å²) in [6.45, 7) is 4.40. The highest BCUT2D eigenvalue weighted by Gasteiger charge is 2.14. The third kappa shape index (κ3) is 3.03. The number of hydrogen-bond acceptors (Lipinski definition) is 2. The summed E-state index contributed by atoms with van der Waals surface area (Å²) in [5.74, 6) is -0.00120. The molecule has 0 bridgehead atoms. The highest BCUT2D eigenvalue weighted by atomic mass is 16.3. The summed E-state index contributed by atoms with van der Waals surface area (Å²) in [6, 6.07) is 7.90. The van der Waals surface area contributed by atoms with Crippen molar-refractivity contribution in [3.05, 3.63) is 48.7 Å². The predicted octanol–water partition coefficient (Wildman–Crippen LogP) is 1.72. The number of rotatable bonds is 6. The average molecular weight is 258 g/mol. The summed E-state index contributed by atoms with van der Waals surface area (Å²) < 4.78 is 0. The first-order valence-corrected chi connectivity index (χ1v) is 6.30. The highest BCUT2D eigenvalue weighted by Crippen LogP contribution is 2.18. The van der Waals surface area contributed by atoms with Crippen LogP contribution in [0.25, 0.3) is 10.9 Å². The number of para-hydroxylation sites is 1. The first-order chi connectivity index (χ1) is 9.26. The van der Waals surface area contributed by atoms with Crippen molar-refractivity contribution >= 4 is 16.8 Å². The zero-order chi connectivity index (χ0) is 13.7. The van der Waals surface area contributed by atoms with Gasteiger partial charge in [0.05, 0.1) is 13.0 Å². The third-order valence-electron chi connectivity index (χ3n) is 3.09. The lowest BCUT2D eigenvalue weighted by Crippen LogP contribution is -2.34. The number of aromatic amines is 1. The number of H-pyrrole nitrogens is 1. The average Bonchev–Trinajstić information content (AvgIpc) is 2.82. The molecule has 1 aromatic heterocycles. The van der Waals surface area contributed by atoms with Gasteiger partial charge in [-0.25, -0.2) is 0 Å². The Morgan fingerprint density at radius 3 is 2.95 bits per heavy atom. The first kappa shape index (κ1) is 13.4. The highest BCUT2D eigenvalue weighted by molar-refractivity contribution is 5.88. The number of hydrogen-bond donors (Lipinski definition) is 2. The van der Waals surface area contributed by atoms with E-state index in [0.29, 0.717) is 19.5 Å². The maximum Gasteiger partial charge on any atom is 0.227 e.